The zero-order valence-electron chi connectivity index (χ0n) is 10.8. The SMILES string of the molecule is OB(O)C1=C2C=CC3=CC=CC=CC=C(CC1)C2C3. The monoisotopic (exact) mass is 252 g/mol. The third-order valence-corrected chi connectivity index (χ3v) is 4.06. The van der Waals surface area contributed by atoms with Crippen molar-refractivity contribution in [3.63, 3.8) is 0 Å². The summed E-state index contributed by atoms with van der Waals surface area (Å²) in [6.07, 6.45) is 19.2. The molecule has 3 heteroatoms. The Hall–Kier alpha value is -1.58. The Bertz CT molecular complexity index is 559. The van der Waals surface area contributed by atoms with Gasteiger partial charge in [0.25, 0.3) is 0 Å². The highest BCUT2D eigenvalue weighted by atomic mass is 16.4. The molecule has 0 aromatic carbocycles. The van der Waals surface area contributed by atoms with Crippen LogP contribution in [0.25, 0.3) is 0 Å². The van der Waals surface area contributed by atoms with Crippen molar-refractivity contribution in [3.8, 4) is 0 Å². The third-order valence-electron chi connectivity index (χ3n) is 4.06. The summed E-state index contributed by atoms with van der Waals surface area (Å²) in [5.74, 6) is 0.304. The smallest absolute Gasteiger partial charge is 0.423 e. The van der Waals surface area contributed by atoms with Crippen molar-refractivity contribution in [2.75, 3.05) is 0 Å². The van der Waals surface area contributed by atoms with Crippen LogP contribution < -0.4 is 0 Å². The molecule has 0 aliphatic heterocycles. The van der Waals surface area contributed by atoms with Crippen molar-refractivity contribution in [2.45, 2.75) is 19.3 Å². The molecule has 0 fully saturated rings. The minimum atomic E-state index is -1.32. The van der Waals surface area contributed by atoms with E-state index in [1.54, 1.807) is 0 Å². The van der Waals surface area contributed by atoms with Crippen molar-refractivity contribution in [1.29, 1.82) is 0 Å². The number of allylic oxidation sites excluding steroid dienone is 12. The van der Waals surface area contributed by atoms with Gasteiger partial charge in [-0.3, -0.25) is 0 Å². The predicted octanol–water partition coefficient (Wildman–Crippen LogP) is 2.64. The van der Waals surface area contributed by atoms with Gasteiger partial charge >= 0.3 is 7.12 Å². The number of hydrogen-bond acceptors (Lipinski definition) is 2. The Morgan fingerprint density at radius 2 is 1.74 bits per heavy atom. The van der Waals surface area contributed by atoms with Gasteiger partial charge in [0.05, 0.1) is 0 Å². The predicted molar refractivity (Wildman–Crippen MR) is 78.1 cm³/mol. The molecular weight excluding hydrogens is 235 g/mol. The van der Waals surface area contributed by atoms with Crippen LogP contribution >= 0.6 is 0 Å². The van der Waals surface area contributed by atoms with Gasteiger partial charge in [0, 0.05) is 5.92 Å². The molecule has 0 aromatic heterocycles. The lowest BCUT2D eigenvalue weighted by molar-refractivity contribution is 0.412. The summed E-state index contributed by atoms with van der Waals surface area (Å²) in [6.45, 7) is 0. The highest BCUT2D eigenvalue weighted by Gasteiger charge is 2.32. The highest BCUT2D eigenvalue weighted by Crippen LogP contribution is 2.42. The fourth-order valence-corrected chi connectivity index (χ4v) is 3.07. The Kier molecular flexibility index (Phi) is 3.41. The van der Waals surface area contributed by atoms with Gasteiger partial charge in [0.1, 0.15) is 0 Å². The molecule has 0 saturated heterocycles. The van der Waals surface area contributed by atoms with Crippen LogP contribution in [0.1, 0.15) is 19.3 Å². The van der Waals surface area contributed by atoms with Gasteiger partial charge in [-0.2, -0.15) is 0 Å². The van der Waals surface area contributed by atoms with Crippen molar-refractivity contribution in [1.82, 2.24) is 0 Å². The molecule has 0 amide bonds. The first kappa shape index (κ1) is 12.5. The summed E-state index contributed by atoms with van der Waals surface area (Å²) in [7, 11) is -1.32. The number of hydrogen-bond donors (Lipinski definition) is 2. The van der Waals surface area contributed by atoms with E-state index < -0.39 is 7.12 Å². The van der Waals surface area contributed by atoms with Gasteiger partial charge in [0.2, 0.25) is 0 Å². The molecular formula is C16H17BO2. The van der Waals surface area contributed by atoms with Gasteiger partial charge in [0.15, 0.2) is 0 Å². The van der Waals surface area contributed by atoms with Crippen LogP contribution in [0.5, 0.6) is 0 Å². The van der Waals surface area contributed by atoms with Crippen LogP contribution in [-0.4, -0.2) is 17.2 Å². The Labute approximate surface area is 114 Å². The van der Waals surface area contributed by atoms with E-state index in [1.807, 2.05) is 18.2 Å². The molecule has 3 aliphatic rings. The quantitative estimate of drug-likeness (QED) is 0.704. The Balaban J connectivity index is 2.12. The zero-order chi connectivity index (χ0) is 13.2. The minimum Gasteiger partial charge on any atom is -0.423 e. The summed E-state index contributed by atoms with van der Waals surface area (Å²) in [5.41, 5.74) is 4.57. The van der Waals surface area contributed by atoms with Crippen molar-refractivity contribution in [3.05, 3.63) is 70.8 Å². The molecule has 0 saturated carbocycles. The van der Waals surface area contributed by atoms with Crippen LogP contribution in [0, 0.1) is 5.92 Å². The van der Waals surface area contributed by atoms with Crippen LogP contribution in [0.15, 0.2) is 70.8 Å². The van der Waals surface area contributed by atoms with Crippen LogP contribution in [0.2, 0.25) is 0 Å². The fourth-order valence-electron chi connectivity index (χ4n) is 3.07. The summed E-state index contributed by atoms with van der Waals surface area (Å²) in [6, 6.07) is 0. The molecule has 3 aliphatic carbocycles. The molecule has 96 valence electrons. The van der Waals surface area contributed by atoms with Gasteiger partial charge in [-0.1, -0.05) is 54.2 Å². The maximum atomic E-state index is 9.52. The molecule has 1 atom stereocenters. The standard InChI is InChI=1S/C16H17BO2/c18-17(19)16-10-8-13-6-4-2-1-3-5-12-7-9-14(16)15(13)11-12/h1-7,9,15,18-19H,8,10-11H2. The lowest BCUT2D eigenvalue weighted by atomic mass is 9.63. The van der Waals surface area contributed by atoms with Crippen molar-refractivity contribution < 1.29 is 10.0 Å². The van der Waals surface area contributed by atoms with Crippen LogP contribution in [0.4, 0.5) is 0 Å². The van der Waals surface area contributed by atoms with Gasteiger partial charge in [-0.05, 0) is 35.9 Å². The van der Waals surface area contributed by atoms with E-state index in [4.69, 9.17) is 0 Å². The van der Waals surface area contributed by atoms with E-state index in [0.717, 1.165) is 30.3 Å². The number of fused-ring (bicyclic) bond motifs is 1. The third kappa shape index (κ3) is 2.44. The molecule has 3 rings (SSSR count). The van der Waals surface area contributed by atoms with Crippen LogP contribution in [0.3, 0.4) is 0 Å². The second kappa shape index (κ2) is 5.20. The topological polar surface area (TPSA) is 40.5 Å². The van der Waals surface area contributed by atoms with Gasteiger partial charge in [-0.15, -0.1) is 0 Å². The maximum Gasteiger partial charge on any atom is 0.484 e. The zero-order valence-corrected chi connectivity index (χ0v) is 10.8. The molecule has 0 spiro atoms. The average Bonchev–Trinajstić information content (AvgIpc) is 2.42. The van der Waals surface area contributed by atoms with E-state index in [9.17, 15) is 10.0 Å². The van der Waals surface area contributed by atoms with Gasteiger partial charge < -0.3 is 10.0 Å². The molecule has 2 bridgehead atoms. The first-order chi connectivity index (χ1) is 9.25. The average molecular weight is 252 g/mol. The first-order valence-corrected chi connectivity index (χ1v) is 6.76. The van der Waals surface area contributed by atoms with E-state index in [2.05, 4.69) is 30.4 Å². The summed E-state index contributed by atoms with van der Waals surface area (Å²) < 4.78 is 0. The molecule has 0 aromatic rings. The Morgan fingerprint density at radius 3 is 2.53 bits per heavy atom. The Morgan fingerprint density at radius 1 is 0.947 bits per heavy atom. The fraction of sp³-hybridized carbons (Fsp3) is 0.250. The summed E-state index contributed by atoms with van der Waals surface area (Å²) in [5, 5.41) is 19.0. The lowest BCUT2D eigenvalue weighted by Crippen LogP contribution is -2.26. The second-order valence-electron chi connectivity index (χ2n) is 5.20. The minimum absolute atomic E-state index is 0.304. The molecule has 19 heavy (non-hydrogen) atoms. The van der Waals surface area contributed by atoms with E-state index >= 15 is 0 Å². The first-order valence-electron chi connectivity index (χ1n) is 6.76. The van der Waals surface area contributed by atoms with Gasteiger partial charge in [-0.25, -0.2) is 0 Å². The molecule has 1 unspecified atom stereocenters. The molecule has 2 N–H and O–H groups in total. The molecule has 0 heterocycles. The van der Waals surface area contributed by atoms with Crippen molar-refractivity contribution in [2.24, 2.45) is 5.92 Å². The highest BCUT2D eigenvalue weighted by molar-refractivity contribution is 6.51. The maximum absolute atomic E-state index is 9.52. The summed E-state index contributed by atoms with van der Waals surface area (Å²) in [4.78, 5) is 0. The van der Waals surface area contributed by atoms with E-state index in [-0.39, 0.29) is 0 Å². The normalized spacial score (nSPS) is 25.1. The van der Waals surface area contributed by atoms with Crippen molar-refractivity contribution >= 4 is 7.12 Å². The van der Waals surface area contributed by atoms with Crippen LogP contribution in [-0.2, 0) is 0 Å². The molecule has 0 radical (unpaired) electrons. The largest absolute Gasteiger partial charge is 0.484 e. The lowest BCUT2D eigenvalue weighted by Gasteiger charge is -2.33. The van der Waals surface area contributed by atoms with E-state index in [0.29, 0.717) is 5.92 Å². The summed E-state index contributed by atoms with van der Waals surface area (Å²) >= 11 is 0. The second-order valence-corrected chi connectivity index (χ2v) is 5.20. The molecule has 2 nitrogen and oxygen atoms in total. The van der Waals surface area contributed by atoms with E-state index in [1.165, 1.54) is 11.1 Å². The number of rotatable bonds is 1.